The van der Waals surface area contributed by atoms with Crippen LogP contribution in [0.3, 0.4) is 0 Å². The molecule has 48 heavy (non-hydrogen) atoms. The van der Waals surface area contributed by atoms with Gasteiger partial charge in [0.15, 0.2) is 0 Å². The van der Waals surface area contributed by atoms with E-state index in [4.69, 9.17) is 5.73 Å². The average molecular weight is 785 g/mol. The van der Waals surface area contributed by atoms with Gasteiger partial charge in [0.05, 0.1) is 17.1 Å². The number of hydrogen-bond acceptors (Lipinski definition) is 6. The molecule has 0 bridgehead atoms. The van der Waals surface area contributed by atoms with Gasteiger partial charge >= 0.3 is 12.1 Å². The van der Waals surface area contributed by atoms with Gasteiger partial charge in [-0.3, -0.25) is 4.79 Å². The standard InChI is InChI=1S/C35H44Br2N8O3/c1-43(2)16-7-15-39-29-10-5-6-11-30(29)40-33(46)31(22-23-20-26(36)32(38)27(37)21-23)42-34(47)44-17-13-25(14-18-44)45-19-12-24-8-3-4-9-28(24)41-35(45)48/h3-6,8-11,20-21,25,31,39H,7,12-19,22,38H2,1-2H3,(H,40,46)(H,41,48)(H,42,47)/t31-/m1/s1. The molecule has 5 amide bonds. The SMILES string of the molecule is CN(C)CCCNc1ccccc1NC(=O)[C@@H](Cc1cc(Br)c(N)c(Br)c1)NC(=O)N1CCC(N2CCc3ccccc3NC2=O)CC1. The maximum atomic E-state index is 13.9. The number of para-hydroxylation sites is 3. The Kier molecular flexibility index (Phi) is 12.2. The molecule has 0 unspecified atom stereocenters. The van der Waals surface area contributed by atoms with Crippen LogP contribution in [0.1, 0.15) is 30.4 Å². The van der Waals surface area contributed by atoms with E-state index in [2.05, 4.69) is 58.0 Å². The number of amides is 5. The molecule has 0 aromatic heterocycles. The summed E-state index contributed by atoms with van der Waals surface area (Å²) in [6.45, 7) is 3.26. The first-order chi connectivity index (χ1) is 23.1. The zero-order valence-electron chi connectivity index (χ0n) is 27.4. The van der Waals surface area contributed by atoms with Crippen LogP contribution in [0, 0.1) is 0 Å². The van der Waals surface area contributed by atoms with Crippen LogP contribution < -0.4 is 27.0 Å². The fourth-order valence-corrected chi connectivity index (χ4v) is 7.42. The Morgan fingerprint density at radius 1 is 1.00 bits per heavy atom. The Morgan fingerprint density at radius 3 is 2.38 bits per heavy atom. The van der Waals surface area contributed by atoms with Crippen molar-refractivity contribution in [3.05, 3.63) is 80.7 Å². The molecular formula is C35H44Br2N8O3. The van der Waals surface area contributed by atoms with Gasteiger partial charge in [0.2, 0.25) is 5.91 Å². The second-order valence-corrected chi connectivity index (χ2v) is 14.3. The van der Waals surface area contributed by atoms with Crippen LogP contribution in [0.15, 0.2) is 69.6 Å². The Bertz CT molecular complexity index is 1590. The van der Waals surface area contributed by atoms with Crippen molar-refractivity contribution in [2.45, 2.75) is 44.2 Å². The largest absolute Gasteiger partial charge is 0.397 e. The molecule has 0 aliphatic carbocycles. The minimum absolute atomic E-state index is 0.0219. The number of hydrogen-bond donors (Lipinski definition) is 5. The fraction of sp³-hybridized carbons (Fsp3) is 0.400. The van der Waals surface area contributed by atoms with E-state index in [0.29, 0.717) is 52.8 Å². The third kappa shape index (κ3) is 9.20. The minimum Gasteiger partial charge on any atom is -0.397 e. The van der Waals surface area contributed by atoms with E-state index in [1.807, 2.05) is 79.7 Å². The zero-order valence-corrected chi connectivity index (χ0v) is 30.6. The first-order valence-electron chi connectivity index (χ1n) is 16.3. The molecule has 2 heterocycles. The number of benzene rings is 3. The molecule has 3 aromatic carbocycles. The summed E-state index contributed by atoms with van der Waals surface area (Å²) >= 11 is 7.00. The number of nitrogens with one attached hydrogen (secondary N) is 4. The number of nitrogens with zero attached hydrogens (tertiary/aromatic N) is 3. The van der Waals surface area contributed by atoms with Crippen molar-refractivity contribution in [2.24, 2.45) is 0 Å². The summed E-state index contributed by atoms with van der Waals surface area (Å²) in [7, 11) is 4.08. The van der Waals surface area contributed by atoms with E-state index >= 15 is 0 Å². The van der Waals surface area contributed by atoms with Crippen molar-refractivity contribution >= 4 is 72.6 Å². The van der Waals surface area contributed by atoms with Gasteiger partial charge < -0.3 is 41.7 Å². The van der Waals surface area contributed by atoms with Crippen molar-refractivity contribution < 1.29 is 14.4 Å². The summed E-state index contributed by atoms with van der Waals surface area (Å²) in [6.07, 6.45) is 3.27. The summed E-state index contributed by atoms with van der Waals surface area (Å²) in [5.41, 5.74) is 10.9. The van der Waals surface area contributed by atoms with Crippen LogP contribution in [-0.2, 0) is 17.6 Å². The molecule has 11 nitrogen and oxygen atoms in total. The number of rotatable bonds is 11. The third-order valence-electron chi connectivity index (χ3n) is 8.81. The first kappa shape index (κ1) is 35.5. The van der Waals surface area contributed by atoms with Crippen LogP contribution in [0.4, 0.5) is 32.3 Å². The van der Waals surface area contributed by atoms with E-state index in [-0.39, 0.29) is 30.4 Å². The van der Waals surface area contributed by atoms with Crippen molar-refractivity contribution in [1.29, 1.82) is 0 Å². The molecule has 1 atom stereocenters. The average Bonchev–Trinajstić information content (AvgIpc) is 3.23. The molecule has 0 spiro atoms. The van der Waals surface area contributed by atoms with E-state index in [9.17, 15) is 14.4 Å². The lowest BCUT2D eigenvalue weighted by Crippen LogP contribution is -2.55. The summed E-state index contributed by atoms with van der Waals surface area (Å²) in [6, 6.07) is 17.9. The molecule has 3 aromatic rings. The van der Waals surface area contributed by atoms with Gasteiger partial charge in [-0.2, -0.15) is 0 Å². The topological polar surface area (TPSA) is 135 Å². The smallest absolute Gasteiger partial charge is 0.322 e. The highest BCUT2D eigenvalue weighted by molar-refractivity contribution is 9.11. The van der Waals surface area contributed by atoms with E-state index in [1.54, 1.807) is 4.90 Å². The highest BCUT2D eigenvalue weighted by Gasteiger charge is 2.33. The monoisotopic (exact) mass is 782 g/mol. The maximum Gasteiger partial charge on any atom is 0.322 e. The van der Waals surface area contributed by atoms with Crippen molar-refractivity contribution in [1.82, 2.24) is 20.0 Å². The number of halogens is 2. The van der Waals surface area contributed by atoms with Crippen LogP contribution in [0.25, 0.3) is 0 Å². The van der Waals surface area contributed by atoms with Gasteiger partial charge in [0.1, 0.15) is 6.04 Å². The van der Waals surface area contributed by atoms with E-state index in [1.165, 1.54) is 0 Å². The third-order valence-corrected chi connectivity index (χ3v) is 10.1. The molecule has 6 N–H and O–H groups in total. The second kappa shape index (κ2) is 16.5. The van der Waals surface area contributed by atoms with Crippen molar-refractivity contribution in [2.75, 3.05) is 68.5 Å². The van der Waals surface area contributed by atoms with Crippen LogP contribution >= 0.6 is 31.9 Å². The molecular weight excluding hydrogens is 740 g/mol. The summed E-state index contributed by atoms with van der Waals surface area (Å²) in [5, 5.41) is 12.5. The number of urea groups is 2. The Hall–Kier alpha value is -3.81. The lowest BCUT2D eigenvalue weighted by molar-refractivity contribution is -0.118. The first-order valence-corrected chi connectivity index (χ1v) is 17.9. The van der Waals surface area contributed by atoms with Crippen LogP contribution in [0.5, 0.6) is 0 Å². The van der Waals surface area contributed by atoms with Crippen LogP contribution in [-0.4, -0.2) is 91.6 Å². The van der Waals surface area contributed by atoms with Gasteiger partial charge in [0, 0.05) is 53.3 Å². The predicted molar refractivity (Wildman–Crippen MR) is 199 cm³/mol. The minimum atomic E-state index is -0.866. The molecule has 2 aliphatic heterocycles. The summed E-state index contributed by atoms with van der Waals surface area (Å²) < 4.78 is 1.40. The molecule has 0 saturated carbocycles. The highest BCUT2D eigenvalue weighted by Crippen LogP contribution is 2.31. The second-order valence-electron chi connectivity index (χ2n) is 12.5. The fourth-order valence-electron chi connectivity index (χ4n) is 6.14. The van der Waals surface area contributed by atoms with Crippen molar-refractivity contribution in [3.8, 4) is 0 Å². The van der Waals surface area contributed by atoms with Crippen molar-refractivity contribution in [3.63, 3.8) is 0 Å². The molecule has 0 radical (unpaired) electrons. The maximum absolute atomic E-state index is 13.9. The Labute approximate surface area is 299 Å². The quantitative estimate of drug-likeness (QED) is 0.120. The Morgan fingerprint density at radius 2 is 1.67 bits per heavy atom. The number of carbonyl (C=O) groups excluding carboxylic acids is 3. The highest BCUT2D eigenvalue weighted by atomic mass is 79.9. The van der Waals surface area contributed by atoms with Gasteiger partial charge in [-0.25, -0.2) is 9.59 Å². The van der Waals surface area contributed by atoms with Gasteiger partial charge in [-0.15, -0.1) is 0 Å². The van der Waals surface area contributed by atoms with Gasteiger partial charge in [-0.05, 0) is 120 Å². The van der Waals surface area contributed by atoms with Crippen LogP contribution in [0.2, 0.25) is 0 Å². The molecule has 1 fully saturated rings. The lowest BCUT2D eigenvalue weighted by Gasteiger charge is -2.38. The number of nitrogen functional groups attached to an aromatic ring is 1. The van der Waals surface area contributed by atoms with Gasteiger partial charge in [-0.1, -0.05) is 30.3 Å². The van der Waals surface area contributed by atoms with Gasteiger partial charge in [0.25, 0.3) is 0 Å². The summed E-state index contributed by atoms with van der Waals surface area (Å²) in [4.78, 5) is 46.4. The molecule has 2 aliphatic rings. The number of anilines is 4. The Balaban J connectivity index is 1.25. The zero-order chi connectivity index (χ0) is 34.2. The number of nitrogens with two attached hydrogens (primary N) is 1. The molecule has 256 valence electrons. The van der Waals surface area contributed by atoms with E-state index in [0.717, 1.165) is 48.4 Å². The number of fused-ring (bicyclic) bond motifs is 1. The lowest BCUT2D eigenvalue weighted by atomic mass is 10.0. The predicted octanol–water partition coefficient (Wildman–Crippen LogP) is 5.97. The molecule has 5 rings (SSSR count). The number of likely N-dealkylation sites (tertiary alicyclic amines) is 1. The van der Waals surface area contributed by atoms with E-state index < -0.39 is 6.04 Å². The number of carbonyl (C=O) groups is 3. The molecule has 13 heteroatoms. The molecule has 1 saturated heterocycles. The number of piperidine rings is 1. The summed E-state index contributed by atoms with van der Waals surface area (Å²) in [5.74, 6) is -0.328. The normalized spacial score (nSPS) is 15.7.